The fraction of sp³-hybridized carbons (Fsp3) is 0.421. The van der Waals surface area contributed by atoms with E-state index in [0.717, 1.165) is 11.3 Å². The number of H-pyrrole nitrogens is 1. The van der Waals surface area contributed by atoms with Gasteiger partial charge in [-0.05, 0) is 18.1 Å². The molecule has 8 nitrogen and oxygen atoms in total. The van der Waals surface area contributed by atoms with Gasteiger partial charge in [-0.15, -0.1) is 0 Å². The van der Waals surface area contributed by atoms with Crippen molar-refractivity contribution in [3.8, 4) is 0 Å². The summed E-state index contributed by atoms with van der Waals surface area (Å²) in [6.45, 7) is 1.90. The van der Waals surface area contributed by atoms with Crippen LogP contribution in [-0.4, -0.2) is 56.2 Å². The lowest BCUT2D eigenvalue weighted by molar-refractivity contribution is -0.135. The number of hydrogen-bond acceptors (Lipinski definition) is 5. The Labute approximate surface area is 156 Å². The molecule has 0 saturated carbocycles. The number of carbonyl (C=O) groups is 2. The zero-order chi connectivity index (χ0) is 18.8. The predicted molar refractivity (Wildman–Crippen MR) is 96.6 cm³/mol. The molecule has 0 aliphatic carbocycles. The maximum atomic E-state index is 13.0. The summed E-state index contributed by atoms with van der Waals surface area (Å²) in [5.74, 6) is -0.351. The minimum absolute atomic E-state index is 0.00609. The average Bonchev–Trinajstić information content (AvgIpc) is 2.90. The molecule has 0 aromatic carbocycles. The molecular formula is C19H21N5O3. The molecule has 1 N–H and O–H groups in total. The number of pyridine rings is 1. The van der Waals surface area contributed by atoms with Crippen molar-refractivity contribution in [2.45, 2.75) is 25.8 Å². The van der Waals surface area contributed by atoms with Crippen LogP contribution < -0.4 is 5.56 Å². The molecule has 0 bridgehead atoms. The Bertz CT molecular complexity index is 911. The number of rotatable bonds is 3. The third kappa shape index (κ3) is 3.60. The van der Waals surface area contributed by atoms with Crippen LogP contribution in [0.15, 0.2) is 35.6 Å². The molecule has 4 heterocycles. The Morgan fingerprint density at radius 2 is 2.11 bits per heavy atom. The Morgan fingerprint density at radius 3 is 2.93 bits per heavy atom. The van der Waals surface area contributed by atoms with Gasteiger partial charge in [-0.25, -0.2) is 4.98 Å². The minimum atomic E-state index is -0.332. The standard InChI is InChI=1S/C19H21N5O3/c25-17-8-14(11-24(17)10-13-2-1-5-20-9-13)19(27)23-6-3-15-16(4-7-23)21-12-22-18(15)26/h1-2,5,9,12,14H,3-4,6-8,10-11H2,(H,21,22,26). The highest BCUT2D eigenvalue weighted by Gasteiger charge is 2.37. The Kier molecular flexibility index (Phi) is 4.70. The van der Waals surface area contributed by atoms with Crippen molar-refractivity contribution >= 4 is 11.8 Å². The van der Waals surface area contributed by atoms with Crippen LogP contribution in [0.25, 0.3) is 0 Å². The maximum Gasteiger partial charge on any atom is 0.254 e. The van der Waals surface area contributed by atoms with Crippen LogP contribution in [0.1, 0.15) is 23.2 Å². The van der Waals surface area contributed by atoms with Crippen LogP contribution in [0.5, 0.6) is 0 Å². The monoisotopic (exact) mass is 367 g/mol. The minimum Gasteiger partial charge on any atom is -0.342 e. The van der Waals surface area contributed by atoms with E-state index in [1.165, 1.54) is 6.33 Å². The van der Waals surface area contributed by atoms with Crippen LogP contribution >= 0.6 is 0 Å². The predicted octanol–water partition coefficient (Wildman–Crippen LogP) is 0.141. The molecular weight excluding hydrogens is 346 g/mol. The van der Waals surface area contributed by atoms with Gasteiger partial charge in [0, 0.05) is 57.0 Å². The molecule has 4 rings (SSSR count). The summed E-state index contributed by atoms with van der Waals surface area (Å²) >= 11 is 0. The van der Waals surface area contributed by atoms with Gasteiger partial charge in [-0.1, -0.05) is 6.07 Å². The van der Waals surface area contributed by atoms with Crippen LogP contribution in [0, 0.1) is 5.92 Å². The van der Waals surface area contributed by atoms with Crippen molar-refractivity contribution in [1.29, 1.82) is 0 Å². The second-order valence-corrected chi connectivity index (χ2v) is 7.02. The number of nitrogens with zero attached hydrogens (tertiary/aromatic N) is 4. The Morgan fingerprint density at radius 1 is 1.26 bits per heavy atom. The second-order valence-electron chi connectivity index (χ2n) is 7.02. The summed E-state index contributed by atoms with van der Waals surface area (Å²) in [7, 11) is 0. The largest absolute Gasteiger partial charge is 0.342 e. The van der Waals surface area contributed by atoms with Gasteiger partial charge in [-0.3, -0.25) is 19.4 Å². The number of amides is 2. The lowest BCUT2D eigenvalue weighted by atomic mass is 10.1. The van der Waals surface area contributed by atoms with Gasteiger partial charge in [-0.2, -0.15) is 0 Å². The number of aromatic amines is 1. The summed E-state index contributed by atoms with van der Waals surface area (Å²) in [6, 6.07) is 3.76. The average molecular weight is 367 g/mol. The number of carbonyl (C=O) groups excluding carboxylic acids is 2. The van der Waals surface area contributed by atoms with Gasteiger partial charge in [0.1, 0.15) is 0 Å². The molecule has 140 valence electrons. The van der Waals surface area contributed by atoms with E-state index < -0.39 is 0 Å². The number of aromatic nitrogens is 3. The van der Waals surface area contributed by atoms with E-state index in [4.69, 9.17) is 0 Å². The molecule has 0 spiro atoms. The number of hydrogen-bond donors (Lipinski definition) is 1. The topological polar surface area (TPSA) is 99.3 Å². The molecule has 2 aromatic heterocycles. The quantitative estimate of drug-likeness (QED) is 0.832. The third-order valence-electron chi connectivity index (χ3n) is 5.26. The van der Waals surface area contributed by atoms with E-state index in [9.17, 15) is 14.4 Å². The lowest BCUT2D eigenvalue weighted by Gasteiger charge is -2.23. The maximum absolute atomic E-state index is 13.0. The van der Waals surface area contributed by atoms with E-state index in [2.05, 4.69) is 15.0 Å². The first-order valence-corrected chi connectivity index (χ1v) is 9.12. The van der Waals surface area contributed by atoms with Gasteiger partial charge in [0.05, 0.1) is 17.9 Å². The van der Waals surface area contributed by atoms with Crippen LogP contribution in [0.4, 0.5) is 0 Å². The fourth-order valence-corrected chi connectivity index (χ4v) is 3.82. The van der Waals surface area contributed by atoms with E-state index in [1.54, 1.807) is 22.2 Å². The smallest absolute Gasteiger partial charge is 0.254 e. The van der Waals surface area contributed by atoms with Crippen LogP contribution in [0.2, 0.25) is 0 Å². The summed E-state index contributed by atoms with van der Waals surface area (Å²) in [5, 5.41) is 0. The highest BCUT2D eigenvalue weighted by Crippen LogP contribution is 2.23. The van der Waals surface area contributed by atoms with Gasteiger partial charge in [0.2, 0.25) is 11.8 Å². The molecule has 1 atom stereocenters. The van der Waals surface area contributed by atoms with Crippen LogP contribution in [-0.2, 0) is 29.0 Å². The molecule has 8 heteroatoms. The zero-order valence-electron chi connectivity index (χ0n) is 14.9. The second kappa shape index (κ2) is 7.30. The van der Waals surface area contributed by atoms with Gasteiger partial charge in [0.25, 0.3) is 5.56 Å². The van der Waals surface area contributed by atoms with Crippen molar-refractivity contribution < 1.29 is 9.59 Å². The fourth-order valence-electron chi connectivity index (χ4n) is 3.82. The van der Waals surface area contributed by atoms with Crippen LogP contribution in [0.3, 0.4) is 0 Å². The van der Waals surface area contributed by atoms with Gasteiger partial charge in [0.15, 0.2) is 0 Å². The first-order valence-electron chi connectivity index (χ1n) is 9.12. The Hall–Kier alpha value is -3.03. The van der Waals surface area contributed by atoms with Crippen molar-refractivity contribution in [3.05, 3.63) is 58.0 Å². The van der Waals surface area contributed by atoms with E-state index >= 15 is 0 Å². The van der Waals surface area contributed by atoms with Crippen molar-refractivity contribution in [2.75, 3.05) is 19.6 Å². The number of likely N-dealkylation sites (tertiary alicyclic amines) is 1. The number of nitrogens with one attached hydrogen (secondary N) is 1. The first kappa shape index (κ1) is 17.4. The number of fused-ring (bicyclic) bond motifs is 1. The van der Waals surface area contributed by atoms with Gasteiger partial charge >= 0.3 is 0 Å². The third-order valence-corrected chi connectivity index (χ3v) is 5.26. The molecule has 2 aromatic rings. The van der Waals surface area contributed by atoms with Gasteiger partial charge < -0.3 is 14.8 Å². The van der Waals surface area contributed by atoms with Crippen molar-refractivity contribution in [2.24, 2.45) is 5.92 Å². The Balaban J connectivity index is 1.41. The highest BCUT2D eigenvalue weighted by atomic mass is 16.2. The lowest BCUT2D eigenvalue weighted by Crippen LogP contribution is -2.39. The summed E-state index contributed by atoms with van der Waals surface area (Å²) in [5.41, 5.74) is 2.24. The first-order chi connectivity index (χ1) is 13.1. The molecule has 0 radical (unpaired) electrons. The molecule has 27 heavy (non-hydrogen) atoms. The highest BCUT2D eigenvalue weighted by molar-refractivity contribution is 5.89. The van der Waals surface area contributed by atoms with E-state index in [-0.39, 0.29) is 29.7 Å². The summed E-state index contributed by atoms with van der Waals surface area (Å²) in [6.07, 6.45) is 6.12. The van der Waals surface area contributed by atoms with Crippen molar-refractivity contribution in [1.82, 2.24) is 24.8 Å². The zero-order valence-corrected chi connectivity index (χ0v) is 14.9. The van der Waals surface area contributed by atoms with E-state index in [0.29, 0.717) is 44.6 Å². The summed E-state index contributed by atoms with van der Waals surface area (Å²) in [4.78, 5) is 51.7. The van der Waals surface area contributed by atoms with Crippen molar-refractivity contribution in [3.63, 3.8) is 0 Å². The molecule has 1 unspecified atom stereocenters. The molecule has 1 saturated heterocycles. The van der Waals surface area contributed by atoms with E-state index in [1.807, 2.05) is 12.1 Å². The normalized spacial score (nSPS) is 19.7. The molecule has 1 fully saturated rings. The SMILES string of the molecule is O=C1CC(C(=O)N2CCc3nc[nH]c(=O)c3CC2)CN1Cc1cccnc1. The summed E-state index contributed by atoms with van der Waals surface area (Å²) < 4.78 is 0. The molecule has 2 aliphatic rings. The molecule has 2 amide bonds. The molecule has 2 aliphatic heterocycles.